The second-order valence-corrected chi connectivity index (χ2v) is 7.51. The number of hydrogen-bond acceptors (Lipinski definition) is 7. The predicted octanol–water partition coefficient (Wildman–Crippen LogP) is 2.17. The van der Waals surface area contributed by atoms with Gasteiger partial charge in [0, 0.05) is 12.7 Å². The number of ether oxygens (including phenoxy) is 1. The highest BCUT2D eigenvalue weighted by molar-refractivity contribution is 6.41. The summed E-state index contributed by atoms with van der Waals surface area (Å²) < 4.78 is 42.7. The van der Waals surface area contributed by atoms with Crippen molar-refractivity contribution in [1.29, 1.82) is 0 Å². The number of nitrogens with one attached hydrogen (secondary N) is 2. The van der Waals surface area contributed by atoms with Crippen LogP contribution in [0.2, 0.25) is 0 Å². The van der Waals surface area contributed by atoms with Crippen LogP contribution in [0.1, 0.15) is 33.3 Å². The molecule has 0 bridgehead atoms. The Morgan fingerprint density at radius 3 is 2.47 bits per heavy atom. The Labute approximate surface area is 181 Å². The zero-order valence-electron chi connectivity index (χ0n) is 17.8. The average molecular weight is 459 g/mol. The molecule has 0 aromatic carbocycles. The molecule has 5 N–H and O–H groups in total. The van der Waals surface area contributed by atoms with E-state index in [1.165, 1.54) is 25.3 Å². The Balaban J connectivity index is 2.86. The zero-order chi connectivity index (χ0) is 24.7. The maximum absolute atomic E-state index is 12.5. The summed E-state index contributed by atoms with van der Waals surface area (Å²) >= 11 is 0. The molecule has 1 atom stereocenters. The standard InChI is InChI=1S/C19H24F3N5O5/c1-10(26-17(31)32-18(2,3)4)15(28)25-9-11-5-6-24-14(7-11)27-12(16(29)30)8-13(23)19(20,21)22/h5-8,10H,9,23H2,1-4H3,(H,25,28)(H,26,31)(H,29,30)/t10-/m0/s1. The van der Waals surface area contributed by atoms with Gasteiger partial charge in [0.2, 0.25) is 5.91 Å². The molecule has 0 aliphatic rings. The van der Waals surface area contributed by atoms with Gasteiger partial charge < -0.3 is 26.2 Å². The molecule has 0 saturated carbocycles. The lowest BCUT2D eigenvalue weighted by Crippen LogP contribution is -2.46. The highest BCUT2D eigenvalue weighted by Crippen LogP contribution is 2.21. The molecule has 0 aliphatic carbocycles. The Bertz CT molecular complexity index is 923. The van der Waals surface area contributed by atoms with Crippen LogP contribution in [-0.4, -0.2) is 51.6 Å². The molecule has 10 nitrogen and oxygen atoms in total. The van der Waals surface area contributed by atoms with E-state index in [9.17, 15) is 27.6 Å². The van der Waals surface area contributed by atoms with Gasteiger partial charge >= 0.3 is 18.2 Å². The maximum Gasteiger partial charge on any atom is 0.430 e. The number of carboxylic acid groups (broad SMARTS) is 1. The van der Waals surface area contributed by atoms with Gasteiger partial charge in [-0.2, -0.15) is 13.2 Å². The van der Waals surface area contributed by atoms with Crippen LogP contribution >= 0.6 is 0 Å². The number of aromatic nitrogens is 1. The number of pyridine rings is 1. The van der Waals surface area contributed by atoms with Crippen LogP contribution in [0.5, 0.6) is 0 Å². The summed E-state index contributed by atoms with van der Waals surface area (Å²) in [4.78, 5) is 42.4. The lowest BCUT2D eigenvalue weighted by atomic mass is 10.2. The van der Waals surface area contributed by atoms with Crippen molar-refractivity contribution < 1.29 is 37.4 Å². The van der Waals surface area contributed by atoms with Crippen molar-refractivity contribution in [3.05, 3.63) is 35.7 Å². The summed E-state index contributed by atoms with van der Waals surface area (Å²) in [6.07, 6.45) is -4.27. The third-order valence-corrected chi connectivity index (χ3v) is 3.48. The third kappa shape index (κ3) is 9.45. The fourth-order valence-electron chi connectivity index (χ4n) is 2.02. The van der Waals surface area contributed by atoms with E-state index < -0.39 is 47.2 Å². The van der Waals surface area contributed by atoms with Crippen LogP contribution in [0.25, 0.3) is 0 Å². The molecule has 0 spiro atoms. The number of alkyl carbamates (subject to hydrolysis) is 1. The van der Waals surface area contributed by atoms with Crippen molar-refractivity contribution in [3.63, 3.8) is 0 Å². The smallest absolute Gasteiger partial charge is 0.430 e. The molecule has 176 valence electrons. The first-order chi connectivity index (χ1) is 14.6. The van der Waals surface area contributed by atoms with Crippen molar-refractivity contribution >= 4 is 29.5 Å². The second kappa shape index (κ2) is 10.6. The Kier molecular flexibility index (Phi) is 8.74. The summed E-state index contributed by atoms with van der Waals surface area (Å²) in [5.41, 5.74) is 1.93. The van der Waals surface area contributed by atoms with E-state index >= 15 is 0 Å². The molecule has 1 aromatic heterocycles. The number of nitrogens with two attached hydrogens (primary N) is 1. The number of carbonyl (C=O) groups is 3. The molecule has 2 amide bonds. The number of aliphatic carboxylic acids is 1. The van der Waals surface area contributed by atoms with E-state index in [4.69, 9.17) is 15.6 Å². The van der Waals surface area contributed by atoms with Crippen LogP contribution in [0.3, 0.4) is 0 Å². The highest BCUT2D eigenvalue weighted by atomic mass is 19.4. The van der Waals surface area contributed by atoms with Gasteiger partial charge in [-0.15, -0.1) is 0 Å². The lowest BCUT2D eigenvalue weighted by molar-refractivity contribution is -0.129. The number of amides is 2. The fraction of sp³-hybridized carbons (Fsp3) is 0.421. The van der Waals surface area contributed by atoms with Gasteiger partial charge in [-0.05, 0) is 51.5 Å². The number of rotatable bonds is 7. The Hall–Kier alpha value is -3.64. The lowest BCUT2D eigenvalue weighted by Gasteiger charge is -2.21. The Morgan fingerprint density at radius 1 is 1.31 bits per heavy atom. The minimum absolute atomic E-state index is 0.0485. The minimum Gasteiger partial charge on any atom is -0.477 e. The van der Waals surface area contributed by atoms with E-state index in [2.05, 4.69) is 20.6 Å². The van der Waals surface area contributed by atoms with Gasteiger partial charge in [-0.3, -0.25) is 4.79 Å². The van der Waals surface area contributed by atoms with Gasteiger partial charge in [0.25, 0.3) is 0 Å². The summed E-state index contributed by atoms with van der Waals surface area (Å²) in [6, 6.07) is 1.83. The molecule has 0 saturated heterocycles. The van der Waals surface area contributed by atoms with Crippen molar-refractivity contribution in [1.82, 2.24) is 15.6 Å². The van der Waals surface area contributed by atoms with Gasteiger partial charge in [-0.1, -0.05) is 0 Å². The fourth-order valence-corrected chi connectivity index (χ4v) is 2.02. The number of carbonyl (C=O) groups excluding carboxylic acids is 2. The van der Waals surface area contributed by atoms with E-state index in [0.29, 0.717) is 5.56 Å². The third-order valence-electron chi connectivity index (χ3n) is 3.48. The summed E-state index contributed by atoms with van der Waals surface area (Å²) in [5, 5.41) is 14.0. The molecule has 1 aromatic rings. The monoisotopic (exact) mass is 459 g/mol. The first kappa shape index (κ1) is 26.4. The molecule has 1 rings (SSSR count). The van der Waals surface area contributed by atoms with Crippen LogP contribution in [-0.2, 0) is 20.9 Å². The summed E-state index contributed by atoms with van der Waals surface area (Å²) in [6.45, 7) is 6.41. The van der Waals surface area contributed by atoms with Crippen molar-refractivity contribution in [2.75, 3.05) is 0 Å². The number of carboxylic acids is 1. The van der Waals surface area contributed by atoms with Crippen LogP contribution in [0.4, 0.5) is 23.8 Å². The number of nitrogens with zero attached hydrogens (tertiary/aromatic N) is 2. The van der Waals surface area contributed by atoms with Crippen molar-refractivity contribution in [2.24, 2.45) is 10.7 Å². The molecule has 0 aliphatic heterocycles. The number of alkyl halides is 3. The second-order valence-electron chi connectivity index (χ2n) is 7.51. The average Bonchev–Trinajstić information content (AvgIpc) is 2.63. The molecule has 0 radical (unpaired) electrons. The van der Waals surface area contributed by atoms with Crippen LogP contribution < -0.4 is 16.4 Å². The number of hydrogen-bond donors (Lipinski definition) is 4. The number of allylic oxidation sites excluding steroid dienone is 1. The van der Waals surface area contributed by atoms with Crippen LogP contribution in [0.15, 0.2) is 35.1 Å². The minimum atomic E-state index is -4.92. The predicted molar refractivity (Wildman–Crippen MR) is 108 cm³/mol. The Morgan fingerprint density at radius 2 is 1.94 bits per heavy atom. The van der Waals surface area contributed by atoms with Crippen molar-refractivity contribution in [2.45, 2.75) is 52.1 Å². The number of aliphatic imine (C=N–C) groups is 1. The molecule has 32 heavy (non-hydrogen) atoms. The topological polar surface area (TPSA) is 156 Å². The van der Waals surface area contributed by atoms with E-state index in [0.717, 1.165) is 0 Å². The largest absolute Gasteiger partial charge is 0.477 e. The maximum atomic E-state index is 12.5. The van der Waals surface area contributed by atoms with E-state index in [-0.39, 0.29) is 18.4 Å². The molecule has 0 fully saturated rings. The van der Waals surface area contributed by atoms with Crippen molar-refractivity contribution in [3.8, 4) is 0 Å². The summed E-state index contributed by atoms with van der Waals surface area (Å²) in [5.74, 6) is -2.48. The van der Waals surface area contributed by atoms with Gasteiger partial charge in [-0.25, -0.2) is 19.6 Å². The quantitative estimate of drug-likeness (QED) is 0.455. The van der Waals surface area contributed by atoms with Gasteiger partial charge in [0.05, 0.1) is 0 Å². The van der Waals surface area contributed by atoms with Gasteiger partial charge in [0.1, 0.15) is 17.3 Å². The summed E-state index contributed by atoms with van der Waals surface area (Å²) in [7, 11) is 0. The van der Waals surface area contributed by atoms with Gasteiger partial charge in [0.15, 0.2) is 11.5 Å². The SMILES string of the molecule is C[C@H](NC(=O)OC(C)(C)C)C(=O)NCc1ccnc(N=C(C=C(N)C(F)(F)F)C(=O)O)c1. The first-order valence-electron chi connectivity index (χ1n) is 9.17. The highest BCUT2D eigenvalue weighted by Gasteiger charge is 2.32. The molecule has 13 heteroatoms. The van der Waals surface area contributed by atoms with E-state index in [1.54, 1.807) is 20.8 Å². The zero-order valence-corrected chi connectivity index (χ0v) is 17.8. The molecule has 0 unspecified atom stereocenters. The molecular formula is C19H24F3N5O5. The van der Waals surface area contributed by atoms with E-state index in [1.807, 2.05) is 0 Å². The first-order valence-corrected chi connectivity index (χ1v) is 9.17. The molecule has 1 heterocycles. The number of halogens is 3. The normalized spacial score (nSPS) is 13.8. The molecular weight excluding hydrogens is 435 g/mol. The van der Waals surface area contributed by atoms with Crippen LogP contribution in [0, 0.1) is 0 Å².